The van der Waals surface area contributed by atoms with Crippen molar-refractivity contribution >= 4 is 17.6 Å². The summed E-state index contributed by atoms with van der Waals surface area (Å²) in [6.07, 6.45) is 1.03. The van der Waals surface area contributed by atoms with Crippen LogP contribution in [0.1, 0.15) is 36.2 Å². The van der Waals surface area contributed by atoms with Crippen molar-refractivity contribution in [2.45, 2.75) is 26.7 Å². The zero-order valence-corrected chi connectivity index (χ0v) is 14.6. The third-order valence-corrected chi connectivity index (χ3v) is 3.55. The molecule has 0 heterocycles. The van der Waals surface area contributed by atoms with Crippen molar-refractivity contribution in [3.8, 4) is 5.75 Å². The Morgan fingerprint density at radius 1 is 1.00 bits per heavy atom. The van der Waals surface area contributed by atoms with Crippen LogP contribution < -0.4 is 10.1 Å². The first kappa shape index (κ1) is 18.5. The van der Waals surface area contributed by atoms with Crippen molar-refractivity contribution in [2.75, 3.05) is 18.5 Å². The van der Waals surface area contributed by atoms with Gasteiger partial charge in [-0.25, -0.2) is 4.79 Å². The van der Waals surface area contributed by atoms with E-state index in [-0.39, 0.29) is 5.91 Å². The van der Waals surface area contributed by atoms with Crippen LogP contribution >= 0.6 is 0 Å². The molecule has 0 radical (unpaired) electrons. The van der Waals surface area contributed by atoms with E-state index in [1.54, 1.807) is 25.1 Å². The highest BCUT2D eigenvalue weighted by molar-refractivity contribution is 5.95. The van der Waals surface area contributed by atoms with Crippen LogP contribution in [0.3, 0.4) is 0 Å². The molecule has 0 aliphatic carbocycles. The van der Waals surface area contributed by atoms with Crippen LogP contribution in [0.5, 0.6) is 5.75 Å². The quantitative estimate of drug-likeness (QED) is 0.741. The predicted octanol–water partition coefficient (Wildman–Crippen LogP) is 3.83. The Bertz CT molecular complexity index is 713. The number of ether oxygens (including phenoxy) is 2. The van der Waals surface area contributed by atoms with E-state index in [1.807, 2.05) is 37.3 Å². The normalized spacial score (nSPS) is 10.2. The van der Waals surface area contributed by atoms with E-state index in [1.165, 1.54) is 0 Å². The van der Waals surface area contributed by atoms with Crippen molar-refractivity contribution in [1.82, 2.24) is 0 Å². The van der Waals surface area contributed by atoms with Gasteiger partial charge in [0.05, 0.1) is 24.5 Å². The summed E-state index contributed by atoms with van der Waals surface area (Å²) in [7, 11) is 0. The molecular weight excluding hydrogens is 318 g/mol. The van der Waals surface area contributed by atoms with Crippen molar-refractivity contribution in [1.29, 1.82) is 0 Å². The fraction of sp³-hybridized carbons (Fsp3) is 0.300. The average molecular weight is 341 g/mol. The van der Waals surface area contributed by atoms with E-state index >= 15 is 0 Å². The van der Waals surface area contributed by atoms with Crippen LogP contribution in [0.15, 0.2) is 48.5 Å². The summed E-state index contributed by atoms with van der Waals surface area (Å²) < 4.78 is 10.5. The Hall–Kier alpha value is -2.82. The van der Waals surface area contributed by atoms with Crippen molar-refractivity contribution in [2.24, 2.45) is 0 Å². The van der Waals surface area contributed by atoms with Crippen molar-refractivity contribution in [3.63, 3.8) is 0 Å². The number of nitrogens with one attached hydrogen (secondary N) is 1. The zero-order chi connectivity index (χ0) is 18.1. The maximum Gasteiger partial charge on any atom is 0.338 e. The molecule has 1 N–H and O–H groups in total. The highest BCUT2D eigenvalue weighted by Crippen LogP contribution is 2.26. The summed E-state index contributed by atoms with van der Waals surface area (Å²) in [6.45, 7) is 4.33. The van der Waals surface area contributed by atoms with E-state index < -0.39 is 5.97 Å². The van der Waals surface area contributed by atoms with E-state index in [0.29, 0.717) is 43.1 Å². The number of anilines is 1. The summed E-state index contributed by atoms with van der Waals surface area (Å²) in [4.78, 5) is 24.0. The van der Waals surface area contributed by atoms with Gasteiger partial charge in [-0.3, -0.25) is 4.79 Å². The smallest absolute Gasteiger partial charge is 0.338 e. The van der Waals surface area contributed by atoms with Crippen LogP contribution in [0.4, 0.5) is 5.69 Å². The summed E-state index contributed by atoms with van der Waals surface area (Å²) in [5.41, 5.74) is 2.06. The minimum Gasteiger partial charge on any atom is -0.492 e. The van der Waals surface area contributed by atoms with Gasteiger partial charge in [0.1, 0.15) is 5.75 Å². The van der Waals surface area contributed by atoms with Crippen LogP contribution in [-0.2, 0) is 16.0 Å². The van der Waals surface area contributed by atoms with Crippen molar-refractivity contribution in [3.05, 3.63) is 59.7 Å². The maximum absolute atomic E-state index is 12.2. The lowest BCUT2D eigenvalue weighted by Crippen LogP contribution is -2.14. The molecule has 1 amide bonds. The van der Waals surface area contributed by atoms with Gasteiger partial charge < -0.3 is 14.8 Å². The molecule has 0 spiro atoms. The first-order valence-electron chi connectivity index (χ1n) is 8.41. The topological polar surface area (TPSA) is 64.6 Å². The van der Waals surface area contributed by atoms with Gasteiger partial charge in [0, 0.05) is 6.42 Å². The van der Waals surface area contributed by atoms with E-state index in [9.17, 15) is 9.59 Å². The summed E-state index contributed by atoms with van der Waals surface area (Å²) >= 11 is 0. The molecule has 0 saturated carbocycles. The predicted molar refractivity (Wildman–Crippen MR) is 97.0 cm³/mol. The van der Waals surface area contributed by atoms with E-state index in [2.05, 4.69) is 5.32 Å². The molecule has 0 fully saturated rings. The lowest BCUT2D eigenvalue weighted by molar-refractivity contribution is -0.116. The fourth-order valence-electron chi connectivity index (χ4n) is 2.36. The molecule has 0 bridgehead atoms. The molecule has 0 aliphatic heterocycles. The molecular formula is C20H23NO4. The second kappa shape index (κ2) is 9.47. The monoisotopic (exact) mass is 341 g/mol. The van der Waals surface area contributed by atoms with E-state index in [0.717, 1.165) is 5.56 Å². The Balaban J connectivity index is 2.04. The van der Waals surface area contributed by atoms with Gasteiger partial charge in [0.15, 0.2) is 0 Å². The molecule has 25 heavy (non-hydrogen) atoms. The summed E-state index contributed by atoms with van der Waals surface area (Å²) in [6, 6.07) is 14.7. The van der Waals surface area contributed by atoms with Gasteiger partial charge in [-0.05, 0) is 44.0 Å². The van der Waals surface area contributed by atoms with Gasteiger partial charge >= 0.3 is 5.97 Å². The average Bonchev–Trinajstić information content (AvgIpc) is 2.62. The van der Waals surface area contributed by atoms with Gasteiger partial charge in [-0.2, -0.15) is 0 Å². The highest BCUT2D eigenvalue weighted by atomic mass is 16.5. The first-order chi connectivity index (χ1) is 12.1. The molecule has 0 aromatic heterocycles. The molecule has 132 valence electrons. The Labute approximate surface area is 148 Å². The Kier molecular flexibility index (Phi) is 7.01. The standard InChI is InChI=1S/C20H23NO4/c1-3-24-18-14-16(20(23)25-4-2)11-12-17(18)21-19(22)13-10-15-8-6-5-7-9-15/h5-9,11-12,14H,3-4,10,13H2,1-2H3,(H,21,22). The lowest BCUT2D eigenvalue weighted by atomic mass is 10.1. The minimum atomic E-state index is -0.412. The molecule has 0 atom stereocenters. The zero-order valence-electron chi connectivity index (χ0n) is 14.6. The minimum absolute atomic E-state index is 0.103. The van der Waals surface area contributed by atoms with Crippen LogP contribution in [0.25, 0.3) is 0 Å². The third-order valence-electron chi connectivity index (χ3n) is 3.55. The Morgan fingerprint density at radius 2 is 1.76 bits per heavy atom. The number of amides is 1. The van der Waals surface area contributed by atoms with Gasteiger partial charge in [-0.15, -0.1) is 0 Å². The summed E-state index contributed by atoms with van der Waals surface area (Å²) in [5, 5.41) is 2.85. The van der Waals surface area contributed by atoms with Gasteiger partial charge in [0.2, 0.25) is 5.91 Å². The number of rotatable bonds is 8. The van der Waals surface area contributed by atoms with Gasteiger partial charge in [0.25, 0.3) is 0 Å². The number of benzene rings is 2. The van der Waals surface area contributed by atoms with Crippen LogP contribution in [0, 0.1) is 0 Å². The number of carbonyl (C=O) groups is 2. The first-order valence-corrected chi connectivity index (χ1v) is 8.41. The fourth-order valence-corrected chi connectivity index (χ4v) is 2.36. The van der Waals surface area contributed by atoms with Crippen molar-refractivity contribution < 1.29 is 19.1 Å². The van der Waals surface area contributed by atoms with Gasteiger partial charge in [-0.1, -0.05) is 30.3 Å². The maximum atomic E-state index is 12.2. The molecule has 0 unspecified atom stereocenters. The third kappa shape index (κ3) is 5.64. The number of esters is 1. The molecule has 0 saturated heterocycles. The molecule has 5 heteroatoms. The van der Waals surface area contributed by atoms with Crippen LogP contribution in [0.2, 0.25) is 0 Å². The highest BCUT2D eigenvalue weighted by Gasteiger charge is 2.13. The second-order valence-corrected chi connectivity index (χ2v) is 5.40. The summed E-state index contributed by atoms with van der Waals surface area (Å²) in [5.74, 6) is -0.0554. The SMILES string of the molecule is CCOC(=O)c1ccc(NC(=O)CCc2ccccc2)c(OCC)c1. The number of hydrogen-bond acceptors (Lipinski definition) is 4. The van der Waals surface area contributed by atoms with E-state index in [4.69, 9.17) is 9.47 Å². The molecule has 0 aliphatic rings. The molecule has 5 nitrogen and oxygen atoms in total. The second-order valence-electron chi connectivity index (χ2n) is 5.40. The molecule has 2 aromatic rings. The number of aryl methyl sites for hydroxylation is 1. The largest absolute Gasteiger partial charge is 0.492 e. The lowest BCUT2D eigenvalue weighted by Gasteiger charge is -2.13. The number of carbonyl (C=O) groups excluding carboxylic acids is 2. The molecule has 2 rings (SSSR count). The number of hydrogen-bond donors (Lipinski definition) is 1. The molecule has 2 aromatic carbocycles. The van der Waals surface area contributed by atoms with Crippen LogP contribution in [-0.4, -0.2) is 25.1 Å². The Morgan fingerprint density at radius 3 is 2.44 bits per heavy atom.